The Morgan fingerprint density at radius 1 is 1.32 bits per heavy atom. The number of rotatable bonds is 5. The van der Waals surface area contributed by atoms with E-state index in [1.807, 2.05) is 0 Å². The zero-order valence-electron chi connectivity index (χ0n) is 11.7. The highest BCUT2D eigenvalue weighted by molar-refractivity contribution is 5.94. The van der Waals surface area contributed by atoms with Crippen molar-refractivity contribution in [3.05, 3.63) is 29.8 Å². The van der Waals surface area contributed by atoms with Gasteiger partial charge in [-0.15, -0.1) is 0 Å². The first-order chi connectivity index (χ1) is 9.20. The molecule has 1 heterocycles. The van der Waals surface area contributed by atoms with E-state index in [4.69, 9.17) is 4.74 Å². The normalized spacial score (nSPS) is 17.2. The van der Waals surface area contributed by atoms with Crippen LogP contribution in [0.3, 0.4) is 0 Å². The Bertz CT molecular complexity index is 411. The van der Waals surface area contributed by atoms with E-state index in [1.165, 1.54) is 12.8 Å². The number of methoxy groups -OCH3 is 1. The Morgan fingerprint density at radius 3 is 2.53 bits per heavy atom. The fourth-order valence-corrected chi connectivity index (χ4v) is 2.40. The minimum Gasteiger partial charge on any atom is -0.497 e. The van der Waals surface area contributed by atoms with Crippen LogP contribution in [0.2, 0.25) is 0 Å². The third-order valence-electron chi connectivity index (χ3n) is 3.67. The number of amides is 1. The van der Waals surface area contributed by atoms with Crippen molar-refractivity contribution < 1.29 is 9.53 Å². The van der Waals surface area contributed by atoms with Crippen molar-refractivity contribution in [2.45, 2.75) is 25.8 Å². The monoisotopic (exact) mass is 262 g/mol. The standard InChI is InChI=1S/C15H22N2O2/c1-12(17-9-3-4-10-17)11-16-15(18)13-5-7-14(19-2)8-6-13/h5-8,12H,3-4,9-11H2,1-2H3,(H,16,18)/t12-/m0/s1. The predicted molar refractivity (Wildman–Crippen MR) is 75.6 cm³/mol. The smallest absolute Gasteiger partial charge is 0.251 e. The number of likely N-dealkylation sites (tertiary alicyclic amines) is 1. The van der Waals surface area contributed by atoms with Gasteiger partial charge in [-0.3, -0.25) is 9.69 Å². The lowest BCUT2D eigenvalue weighted by molar-refractivity contribution is 0.0940. The molecule has 0 aliphatic carbocycles. The van der Waals surface area contributed by atoms with Crippen LogP contribution in [0.25, 0.3) is 0 Å². The molecule has 0 unspecified atom stereocenters. The lowest BCUT2D eigenvalue weighted by Crippen LogP contribution is -2.40. The predicted octanol–water partition coefficient (Wildman–Crippen LogP) is 1.91. The number of ether oxygens (including phenoxy) is 1. The fraction of sp³-hybridized carbons (Fsp3) is 0.533. The first kappa shape index (κ1) is 13.9. The number of benzene rings is 1. The molecule has 1 aliphatic rings. The maximum absolute atomic E-state index is 12.0. The van der Waals surface area contributed by atoms with E-state index < -0.39 is 0 Å². The van der Waals surface area contributed by atoms with Crippen molar-refractivity contribution in [1.82, 2.24) is 10.2 Å². The Kier molecular flexibility index (Phi) is 4.80. The van der Waals surface area contributed by atoms with Crippen LogP contribution in [0.15, 0.2) is 24.3 Å². The van der Waals surface area contributed by atoms with Gasteiger partial charge in [-0.1, -0.05) is 0 Å². The Hall–Kier alpha value is -1.55. The van der Waals surface area contributed by atoms with Crippen LogP contribution < -0.4 is 10.1 Å². The Morgan fingerprint density at radius 2 is 1.95 bits per heavy atom. The summed E-state index contributed by atoms with van der Waals surface area (Å²) in [7, 11) is 1.62. The second-order valence-electron chi connectivity index (χ2n) is 5.03. The van der Waals surface area contributed by atoms with E-state index in [-0.39, 0.29) is 5.91 Å². The average Bonchev–Trinajstić information content (AvgIpc) is 2.98. The molecule has 0 bridgehead atoms. The molecular formula is C15H22N2O2. The van der Waals surface area contributed by atoms with Crippen LogP contribution in [0.5, 0.6) is 5.75 Å². The molecule has 0 aromatic heterocycles. The van der Waals surface area contributed by atoms with Gasteiger partial charge in [0.15, 0.2) is 0 Å². The fourth-order valence-electron chi connectivity index (χ4n) is 2.40. The third-order valence-corrected chi connectivity index (χ3v) is 3.67. The molecule has 19 heavy (non-hydrogen) atoms. The second-order valence-corrected chi connectivity index (χ2v) is 5.03. The first-order valence-corrected chi connectivity index (χ1v) is 6.87. The van der Waals surface area contributed by atoms with E-state index in [0.717, 1.165) is 18.8 Å². The minimum atomic E-state index is -0.0197. The second kappa shape index (κ2) is 6.57. The van der Waals surface area contributed by atoms with Gasteiger partial charge in [-0.2, -0.15) is 0 Å². The Balaban J connectivity index is 1.82. The summed E-state index contributed by atoms with van der Waals surface area (Å²) in [5.41, 5.74) is 0.675. The van der Waals surface area contributed by atoms with Crippen molar-refractivity contribution in [1.29, 1.82) is 0 Å². The number of carbonyl (C=O) groups excluding carboxylic acids is 1. The van der Waals surface area contributed by atoms with Gasteiger partial charge in [0.2, 0.25) is 0 Å². The summed E-state index contributed by atoms with van der Waals surface area (Å²) in [6, 6.07) is 7.59. The number of carbonyl (C=O) groups is 1. The summed E-state index contributed by atoms with van der Waals surface area (Å²) in [6.07, 6.45) is 2.55. The zero-order chi connectivity index (χ0) is 13.7. The molecule has 1 aromatic rings. The molecule has 1 amide bonds. The van der Waals surface area contributed by atoms with Gasteiger partial charge in [-0.25, -0.2) is 0 Å². The average molecular weight is 262 g/mol. The molecule has 0 radical (unpaired) electrons. The highest BCUT2D eigenvalue weighted by Gasteiger charge is 2.18. The zero-order valence-corrected chi connectivity index (χ0v) is 11.7. The van der Waals surface area contributed by atoms with E-state index in [9.17, 15) is 4.79 Å². The van der Waals surface area contributed by atoms with Crippen molar-refractivity contribution in [2.75, 3.05) is 26.7 Å². The summed E-state index contributed by atoms with van der Waals surface area (Å²) >= 11 is 0. The summed E-state index contributed by atoms with van der Waals surface area (Å²) < 4.78 is 5.08. The topological polar surface area (TPSA) is 41.6 Å². The maximum Gasteiger partial charge on any atom is 0.251 e. The first-order valence-electron chi connectivity index (χ1n) is 6.87. The highest BCUT2D eigenvalue weighted by atomic mass is 16.5. The molecule has 104 valence electrons. The van der Waals surface area contributed by atoms with Crippen LogP contribution in [0.1, 0.15) is 30.1 Å². The molecule has 1 saturated heterocycles. The lowest BCUT2D eigenvalue weighted by atomic mass is 10.2. The minimum absolute atomic E-state index is 0.0197. The largest absolute Gasteiger partial charge is 0.497 e. The van der Waals surface area contributed by atoms with Gasteiger partial charge in [0.1, 0.15) is 5.75 Å². The molecule has 0 spiro atoms. The van der Waals surface area contributed by atoms with E-state index in [0.29, 0.717) is 18.2 Å². The molecule has 1 N–H and O–H groups in total. The Labute approximate surface area is 114 Å². The van der Waals surface area contributed by atoms with Crippen molar-refractivity contribution in [2.24, 2.45) is 0 Å². The maximum atomic E-state index is 12.0. The molecule has 1 fully saturated rings. The molecule has 1 aromatic carbocycles. The van der Waals surface area contributed by atoms with Crippen LogP contribution >= 0.6 is 0 Å². The quantitative estimate of drug-likeness (QED) is 0.881. The molecule has 1 aliphatic heterocycles. The number of hydrogen-bond donors (Lipinski definition) is 1. The molecule has 2 rings (SSSR count). The van der Waals surface area contributed by atoms with Gasteiger partial charge in [0.05, 0.1) is 7.11 Å². The van der Waals surface area contributed by atoms with Crippen molar-refractivity contribution in [3.8, 4) is 5.75 Å². The summed E-state index contributed by atoms with van der Waals surface area (Å²) in [5, 5.41) is 2.99. The number of hydrogen-bond acceptors (Lipinski definition) is 3. The van der Waals surface area contributed by atoms with Crippen LogP contribution in [-0.4, -0.2) is 43.6 Å². The van der Waals surface area contributed by atoms with Crippen LogP contribution in [0.4, 0.5) is 0 Å². The SMILES string of the molecule is COc1ccc(C(=O)NC[C@H](C)N2CCCC2)cc1. The summed E-state index contributed by atoms with van der Waals surface area (Å²) in [5.74, 6) is 0.746. The van der Waals surface area contributed by atoms with Gasteiger partial charge in [0.25, 0.3) is 5.91 Å². The lowest BCUT2D eigenvalue weighted by Gasteiger charge is -2.23. The molecule has 1 atom stereocenters. The molecule has 0 saturated carbocycles. The van der Waals surface area contributed by atoms with Gasteiger partial charge < -0.3 is 10.1 Å². The molecule has 4 nitrogen and oxygen atoms in total. The molecule has 4 heteroatoms. The molecular weight excluding hydrogens is 240 g/mol. The third kappa shape index (κ3) is 3.70. The highest BCUT2D eigenvalue weighted by Crippen LogP contribution is 2.12. The van der Waals surface area contributed by atoms with Crippen molar-refractivity contribution >= 4 is 5.91 Å². The van der Waals surface area contributed by atoms with Crippen molar-refractivity contribution in [3.63, 3.8) is 0 Å². The summed E-state index contributed by atoms with van der Waals surface area (Å²) in [6.45, 7) is 5.17. The van der Waals surface area contributed by atoms with Crippen LogP contribution in [0, 0.1) is 0 Å². The van der Waals surface area contributed by atoms with Gasteiger partial charge in [0, 0.05) is 18.2 Å². The van der Waals surface area contributed by atoms with Gasteiger partial charge in [-0.05, 0) is 57.1 Å². The van der Waals surface area contributed by atoms with Crippen LogP contribution in [-0.2, 0) is 0 Å². The van der Waals surface area contributed by atoms with E-state index >= 15 is 0 Å². The number of nitrogens with zero attached hydrogens (tertiary/aromatic N) is 1. The summed E-state index contributed by atoms with van der Waals surface area (Å²) in [4.78, 5) is 14.4. The number of nitrogens with one attached hydrogen (secondary N) is 1. The van der Waals surface area contributed by atoms with E-state index in [1.54, 1.807) is 31.4 Å². The van der Waals surface area contributed by atoms with E-state index in [2.05, 4.69) is 17.1 Å². The van der Waals surface area contributed by atoms with Gasteiger partial charge >= 0.3 is 0 Å².